The Morgan fingerprint density at radius 1 is 1.55 bits per heavy atom. The van der Waals surface area contributed by atoms with Crippen LogP contribution < -0.4 is 5.73 Å². The Morgan fingerprint density at radius 3 is 2.27 bits per heavy atom. The molecule has 0 aromatic rings. The van der Waals surface area contributed by atoms with Crippen LogP contribution in [0.3, 0.4) is 0 Å². The van der Waals surface area contributed by atoms with Gasteiger partial charge in [-0.15, -0.1) is 0 Å². The first-order chi connectivity index (χ1) is 5.13. The number of hydrogen-bond donors (Lipinski definition) is 1. The summed E-state index contributed by atoms with van der Waals surface area (Å²) in [5.74, 6) is -0.392. The number of carbonyl (C=O) groups excluding carboxylic acids is 1. The summed E-state index contributed by atoms with van der Waals surface area (Å²) in [5.41, 5.74) is 4.83. The van der Waals surface area contributed by atoms with Crippen molar-refractivity contribution in [3.63, 3.8) is 0 Å². The summed E-state index contributed by atoms with van der Waals surface area (Å²) in [4.78, 5) is 12.0. The van der Waals surface area contributed by atoms with Crippen LogP contribution in [0.4, 0.5) is 0 Å². The van der Waals surface area contributed by atoms with Gasteiger partial charge in [0.1, 0.15) is 0 Å². The van der Waals surface area contributed by atoms with Crippen LogP contribution in [0.25, 0.3) is 0 Å². The number of likely N-dealkylation sites (N-methyl/N-ethyl adjacent to an activating group) is 1. The van der Waals surface area contributed by atoms with E-state index in [1.165, 1.54) is 6.08 Å². The summed E-state index contributed by atoms with van der Waals surface area (Å²) in [6.07, 6.45) is 3.09. The number of nitrogens with two attached hydrogens (primary N) is 1. The molecule has 0 aliphatic heterocycles. The van der Waals surface area contributed by atoms with E-state index in [4.69, 9.17) is 5.73 Å². The molecular formula is C8H20N2O. The van der Waals surface area contributed by atoms with Crippen LogP contribution >= 0.6 is 0 Å². The van der Waals surface area contributed by atoms with Crippen LogP contribution in [0, 0.1) is 0 Å². The zero-order valence-corrected chi connectivity index (χ0v) is 7.79. The maximum atomic E-state index is 10.1. The molecule has 0 unspecified atom stereocenters. The lowest BCUT2D eigenvalue weighted by Crippen LogP contribution is -2.12. The number of amides is 1. The molecule has 68 valence electrons. The smallest absolute Gasteiger partial charge is 0.241 e. The Morgan fingerprint density at radius 2 is 2.00 bits per heavy atom. The zero-order valence-electron chi connectivity index (χ0n) is 7.79. The molecule has 0 aromatic carbocycles. The first-order valence-corrected chi connectivity index (χ1v) is 3.73. The second-order valence-corrected chi connectivity index (χ2v) is 2.07. The van der Waals surface area contributed by atoms with Crippen LogP contribution in [-0.4, -0.2) is 31.4 Å². The van der Waals surface area contributed by atoms with Gasteiger partial charge in [-0.2, -0.15) is 0 Å². The van der Waals surface area contributed by atoms with Gasteiger partial charge in [0.2, 0.25) is 5.91 Å². The fourth-order valence-electron chi connectivity index (χ4n) is 0.380. The van der Waals surface area contributed by atoms with Gasteiger partial charge in [-0.05, 0) is 20.2 Å². The van der Waals surface area contributed by atoms with Crippen molar-refractivity contribution in [3.8, 4) is 0 Å². The molecule has 0 aliphatic carbocycles. The van der Waals surface area contributed by atoms with Crippen molar-refractivity contribution < 1.29 is 6.22 Å². The maximum Gasteiger partial charge on any atom is 0.241 e. The Hall–Kier alpha value is -0.830. The SMILES string of the molecule is CC.CN(C)C/C=C/C(N)=O.[HH]. The van der Waals surface area contributed by atoms with Gasteiger partial charge in [0.15, 0.2) is 0 Å². The van der Waals surface area contributed by atoms with Crippen molar-refractivity contribution in [2.75, 3.05) is 20.6 Å². The van der Waals surface area contributed by atoms with Crippen molar-refractivity contribution in [2.24, 2.45) is 5.73 Å². The molecule has 11 heavy (non-hydrogen) atoms. The predicted octanol–water partition coefficient (Wildman–Crippen LogP) is 0.862. The van der Waals surface area contributed by atoms with E-state index in [0.29, 0.717) is 0 Å². The van der Waals surface area contributed by atoms with Gasteiger partial charge in [-0.1, -0.05) is 19.9 Å². The molecule has 0 saturated carbocycles. The fourth-order valence-corrected chi connectivity index (χ4v) is 0.380. The third kappa shape index (κ3) is 17.6. The summed E-state index contributed by atoms with van der Waals surface area (Å²) in [7, 11) is 3.84. The molecule has 0 radical (unpaired) electrons. The number of rotatable bonds is 3. The van der Waals surface area contributed by atoms with Gasteiger partial charge in [-0.3, -0.25) is 4.79 Å². The first kappa shape index (κ1) is 12.8. The lowest BCUT2D eigenvalue weighted by Gasteiger charge is -2.02. The molecule has 0 aromatic heterocycles. The lowest BCUT2D eigenvalue weighted by molar-refractivity contribution is -0.113. The van der Waals surface area contributed by atoms with Crippen molar-refractivity contribution in [3.05, 3.63) is 12.2 Å². The Balaban J connectivity index is -0.000000249. The Kier molecular flexibility index (Phi) is 10.7. The first-order valence-electron chi connectivity index (χ1n) is 3.73. The molecular weight excluding hydrogens is 140 g/mol. The van der Waals surface area contributed by atoms with Crippen LogP contribution in [0.15, 0.2) is 12.2 Å². The monoisotopic (exact) mass is 160 g/mol. The molecule has 0 fully saturated rings. The highest BCUT2D eigenvalue weighted by Crippen LogP contribution is 1.75. The number of carbonyl (C=O) groups is 1. The van der Waals surface area contributed by atoms with E-state index in [2.05, 4.69) is 0 Å². The van der Waals surface area contributed by atoms with E-state index in [0.717, 1.165) is 6.54 Å². The van der Waals surface area contributed by atoms with Crippen molar-refractivity contribution in [1.82, 2.24) is 4.90 Å². The van der Waals surface area contributed by atoms with Crippen molar-refractivity contribution in [1.29, 1.82) is 0 Å². The topological polar surface area (TPSA) is 46.3 Å². The minimum absolute atomic E-state index is 0. The average Bonchev–Trinajstić information content (AvgIpc) is 1.90. The van der Waals surface area contributed by atoms with E-state index >= 15 is 0 Å². The minimum Gasteiger partial charge on any atom is -0.366 e. The predicted molar refractivity (Wildman–Crippen MR) is 50.4 cm³/mol. The van der Waals surface area contributed by atoms with Gasteiger partial charge in [0.05, 0.1) is 0 Å². The summed E-state index contributed by atoms with van der Waals surface area (Å²) in [5, 5.41) is 0. The highest BCUT2D eigenvalue weighted by Gasteiger charge is 1.83. The largest absolute Gasteiger partial charge is 0.366 e. The maximum absolute atomic E-state index is 10.1. The van der Waals surface area contributed by atoms with Crippen molar-refractivity contribution >= 4 is 5.91 Å². The van der Waals surface area contributed by atoms with Crippen LogP contribution in [0.2, 0.25) is 0 Å². The van der Waals surface area contributed by atoms with E-state index in [1.54, 1.807) is 6.08 Å². The fraction of sp³-hybridized carbons (Fsp3) is 0.625. The Bertz CT molecular complexity index is 124. The summed E-state index contributed by atoms with van der Waals surface area (Å²) in [6, 6.07) is 0. The van der Waals surface area contributed by atoms with Crippen LogP contribution in [0.1, 0.15) is 15.3 Å². The molecule has 0 saturated heterocycles. The minimum atomic E-state index is -0.392. The lowest BCUT2D eigenvalue weighted by atomic mass is 10.4. The zero-order chi connectivity index (χ0) is 9.28. The second-order valence-electron chi connectivity index (χ2n) is 2.07. The third-order valence-corrected chi connectivity index (χ3v) is 0.753. The highest BCUT2D eigenvalue weighted by atomic mass is 16.1. The molecule has 0 rings (SSSR count). The molecule has 2 N–H and O–H groups in total. The van der Waals surface area contributed by atoms with E-state index in [9.17, 15) is 4.79 Å². The van der Waals surface area contributed by atoms with Crippen LogP contribution in [-0.2, 0) is 4.79 Å². The molecule has 0 atom stereocenters. The average molecular weight is 160 g/mol. The molecule has 3 nitrogen and oxygen atoms in total. The summed E-state index contributed by atoms with van der Waals surface area (Å²) < 4.78 is 0. The van der Waals surface area contributed by atoms with E-state index in [1.807, 2.05) is 32.8 Å². The number of hydrogen-bond acceptors (Lipinski definition) is 2. The Labute approximate surface area is 70.4 Å². The molecule has 0 heterocycles. The molecule has 0 bridgehead atoms. The van der Waals surface area contributed by atoms with Gasteiger partial charge < -0.3 is 10.6 Å². The van der Waals surface area contributed by atoms with E-state index < -0.39 is 5.91 Å². The summed E-state index contributed by atoms with van der Waals surface area (Å²) >= 11 is 0. The van der Waals surface area contributed by atoms with Crippen molar-refractivity contribution in [2.45, 2.75) is 13.8 Å². The molecule has 0 aliphatic rings. The van der Waals surface area contributed by atoms with E-state index in [-0.39, 0.29) is 1.43 Å². The van der Waals surface area contributed by atoms with Gasteiger partial charge in [0.25, 0.3) is 0 Å². The molecule has 0 spiro atoms. The van der Waals surface area contributed by atoms with Gasteiger partial charge in [0, 0.05) is 7.97 Å². The quantitative estimate of drug-likeness (QED) is 0.622. The standard InChI is InChI=1S/C6H12N2O.C2H6.H2/c1-8(2)5-3-4-6(7)9;1-2;/h3-4H,5H2,1-2H3,(H2,7,9);1-2H3;1H/b4-3+;;. The summed E-state index contributed by atoms with van der Waals surface area (Å²) in [6.45, 7) is 4.75. The third-order valence-electron chi connectivity index (χ3n) is 0.753. The normalized spacial score (nSPS) is 9.55. The number of nitrogens with zero attached hydrogens (tertiary/aromatic N) is 1. The highest BCUT2D eigenvalue weighted by molar-refractivity contribution is 5.85. The second kappa shape index (κ2) is 9.17. The van der Waals surface area contributed by atoms with Gasteiger partial charge in [-0.25, -0.2) is 0 Å². The van der Waals surface area contributed by atoms with Gasteiger partial charge >= 0.3 is 0 Å². The number of primary amides is 1. The molecule has 3 heteroatoms. The van der Waals surface area contributed by atoms with Crippen LogP contribution in [0.5, 0.6) is 0 Å². The molecule has 1 amide bonds.